The van der Waals surface area contributed by atoms with Gasteiger partial charge in [-0.3, -0.25) is 9.59 Å². The van der Waals surface area contributed by atoms with Crippen LogP contribution in [-0.2, 0) is 19.1 Å². The van der Waals surface area contributed by atoms with Crippen molar-refractivity contribution in [1.29, 1.82) is 0 Å². The number of carbonyl (C=O) groups excluding carboxylic acids is 2. The van der Waals surface area contributed by atoms with Crippen LogP contribution in [0, 0.1) is 0 Å². The number of nitrogens with one attached hydrogen (secondary N) is 2. The van der Waals surface area contributed by atoms with E-state index >= 15 is 0 Å². The number of hydrogen-bond donors (Lipinski definition) is 2. The lowest BCUT2D eigenvalue weighted by atomic mass is 10.3. The maximum atomic E-state index is 11.8. The van der Waals surface area contributed by atoms with Crippen LogP contribution in [0.15, 0.2) is 54.6 Å². The fraction of sp³-hybridized carbons (Fsp3) is 0.222. The minimum Gasteiger partial charge on any atom is -0.457 e. The smallest absolute Gasteiger partial charge is 0.313 e. The van der Waals surface area contributed by atoms with Crippen LogP contribution in [0.4, 0.5) is 5.69 Å². The van der Waals surface area contributed by atoms with Gasteiger partial charge in [0.05, 0.1) is 6.54 Å². The van der Waals surface area contributed by atoms with Crippen LogP contribution >= 0.6 is 0 Å². The van der Waals surface area contributed by atoms with Crippen LogP contribution in [0.1, 0.15) is 0 Å². The lowest BCUT2D eigenvalue weighted by molar-refractivity contribution is -0.139. The second-order valence-electron chi connectivity index (χ2n) is 5.00. The summed E-state index contributed by atoms with van der Waals surface area (Å²) in [7, 11) is 2.89. The van der Waals surface area contributed by atoms with E-state index < -0.39 is 18.1 Å². The average molecular weight is 344 g/mol. The number of amides is 2. The maximum absolute atomic E-state index is 11.8. The Bertz CT molecular complexity index is 684. The van der Waals surface area contributed by atoms with Gasteiger partial charge in [0, 0.05) is 19.9 Å². The Morgan fingerprint density at radius 3 is 2.08 bits per heavy atom. The van der Waals surface area contributed by atoms with Crippen molar-refractivity contribution in [3.63, 3.8) is 0 Å². The topological polar surface area (TPSA) is 85.9 Å². The molecule has 0 radical (unpaired) electrons. The van der Waals surface area contributed by atoms with Crippen molar-refractivity contribution in [2.24, 2.45) is 0 Å². The molecule has 7 nitrogen and oxygen atoms in total. The van der Waals surface area contributed by atoms with Crippen molar-refractivity contribution in [1.82, 2.24) is 5.32 Å². The van der Waals surface area contributed by atoms with E-state index in [1.54, 1.807) is 24.3 Å². The van der Waals surface area contributed by atoms with Crippen LogP contribution in [0.2, 0.25) is 0 Å². The summed E-state index contributed by atoms with van der Waals surface area (Å²) in [4.78, 5) is 23.6. The second-order valence-corrected chi connectivity index (χ2v) is 5.00. The number of hydrogen-bond acceptors (Lipinski definition) is 5. The summed E-state index contributed by atoms with van der Waals surface area (Å²) < 4.78 is 15.5. The van der Waals surface area contributed by atoms with Crippen molar-refractivity contribution in [3.8, 4) is 11.5 Å². The van der Waals surface area contributed by atoms with E-state index in [0.29, 0.717) is 17.2 Å². The fourth-order valence-corrected chi connectivity index (χ4v) is 1.94. The summed E-state index contributed by atoms with van der Waals surface area (Å²) in [5, 5.41) is 4.93. The number of anilines is 1. The molecule has 2 N–H and O–H groups in total. The molecule has 25 heavy (non-hydrogen) atoms. The highest BCUT2D eigenvalue weighted by molar-refractivity contribution is 6.39. The third-order valence-corrected chi connectivity index (χ3v) is 3.25. The predicted molar refractivity (Wildman–Crippen MR) is 92.4 cm³/mol. The Balaban J connectivity index is 1.85. The van der Waals surface area contributed by atoms with E-state index in [2.05, 4.69) is 10.6 Å². The second kappa shape index (κ2) is 9.41. The van der Waals surface area contributed by atoms with Crippen LogP contribution in [0.5, 0.6) is 11.5 Å². The van der Waals surface area contributed by atoms with E-state index in [1.807, 2.05) is 30.3 Å². The van der Waals surface area contributed by atoms with Gasteiger partial charge in [-0.05, 0) is 36.4 Å². The van der Waals surface area contributed by atoms with Crippen LogP contribution in [0.3, 0.4) is 0 Å². The summed E-state index contributed by atoms with van der Waals surface area (Å²) in [5.74, 6) is -0.215. The highest BCUT2D eigenvalue weighted by atomic mass is 16.7. The molecule has 0 spiro atoms. The Morgan fingerprint density at radius 1 is 0.880 bits per heavy atom. The van der Waals surface area contributed by atoms with Gasteiger partial charge in [-0.1, -0.05) is 18.2 Å². The first-order valence-corrected chi connectivity index (χ1v) is 7.60. The fourth-order valence-electron chi connectivity index (χ4n) is 1.94. The van der Waals surface area contributed by atoms with Gasteiger partial charge in [0.2, 0.25) is 0 Å². The van der Waals surface area contributed by atoms with Gasteiger partial charge in [0.15, 0.2) is 6.29 Å². The van der Waals surface area contributed by atoms with Gasteiger partial charge in [-0.2, -0.15) is 0 Å². The number of methoxy groups -OCH3 is 2. The van der Waals surface area contributed by atoms with E-state index in [-0.39, 0.29) is 6.54 Å². The molecule has 0 fully saturated rings. The summed E-state index contributed by atoms with van der Waals surface area (Å²) in [6.07, 6.45) is -0.605. The number of ether oxygens (including phenoxy) is 3. The van der Waals surface area contributed by atoms with Gasteiger partial charge in [0.1, 0.15) is 11.5 Å². The SMILES string of the molecule is COC(CNC(=O)C(=O)Nc1ccc(Oc2ccccc2)cc1)OC. The van der Waals surface area contributed by atoms with Gasteiger partial charge in [-0.25, -0.2) is 0 Å². The molecule has 0 aliphatic heterocycles. The molecule has 0 saturated heterocycles. The molecular weight excluding hydrogens is 324 g/mol. The highest BCUT2D eigenvalue weighted by Crippen LogP contribution is 2.22. The molecule has 0 aliphatic rings. The zero-order chi connectivity index (χ0) is 18.1. The van der Waals surface area contributed by atoms with Crippen molar-refractivity contribution in [2.45, 2.75) is 6.29 Å². The first-order chi connectivity index (χ1) is 12.1. The molecule has 2 aromatic rings. The maximum Gasteiger partial charge on any atom is 0.313 e. The molecule has 2 rings (SSSR count). The Labute approximate surface area is 145 Å². The molecule has 0 unspecified atom stereocenters. The molecule has 0 aliphatic carbocycles. The third kappa shape index (κ3) is 5.91. The predicted octanol–water partition coefficient (Wildman–Crippen LogP) is 2.15. The first-order valence-electron chi connectivity index (χ1n) is 7.60. The van der Waals surface area contributed by atoms with E-state index in [4.69, 9.17) is 14.2 Å². The summed E-state index contributed by atoms with van der Waals surface area (Å²) in [5.41, 5.74) is 0.482. The molecule has 2 aromatic carbocycles. The molecule has 0 heterocycles. The molecule has 0 saturated carbocycles. The van der Waals surface area contributed by atoms with E-state index in [0.717, 1.165) is 0 Å². The van der Waals surface area contributed by atoms with E-state index in [9.17, 15) is 9.59 Å². The minimum absolute atomic E-state index is 0.0725. The monoisotopic (exact) mass is 344 g/mol. The zero-order valence-corrected chi connectivity index (χ0v) is 14.0. The summed E-state index contributed by atoms with van der Waals surface area (Å²) in [6.45, 7) is 0.0725. The van der Waals surface area contributed by atoms with Gasteiger partial charge in [0.25, 0.3) is 0 Å². The molecular formula is C18H20N2O5. The Morgan fingerprint density at radius 2 is 1.48 bits per heavy atom. The lowest BCUT2D eigenvalue weighted by Crippen LogP contribution is -2.40. The molecule has 7 heteroatoms. The highest BCUT2D eigenvalue weighted by Gasteiger charge is 2.15. The van der Waals surface area contributed by atoms with Gasteiger partial charge >= 0.3 is 11.8 Å². The Kier molecular flexibility index (Phi) is 6.94. The largest absolute Gasteiger partial charge is 0.457 e. The third-order valence-electron chi connectivity index (χ3n) is 3.25. The lowest BCUT2D eigenvalue weighted by Gasteiger charge is -2.13. The molecule has 0 aromatic heterocycles. The first kappa shape index (κ1) is 18.4. The number of para-hydroxylation sites is 1. The molecule has 0 atom stereocenters. The Hall–Kier alpha value is -2.90. The van der Waals surface area contributed by atoms with Crippen molar-refractivity contribution in [3.05, 3.63) is 54.6 Å². The molecule has 2 amide bonds. The summed E-state index contributed by atoms with van der Waals surface area (Å²) in [6, 6.07) is 16.0. The van der Waals surface area contributed by atoms with Gasteiger partial charge < -0.3 is 24.8 Å². The number of benzene rings is 2. The number of carbonyl (C=O) groups is 2. The van der Waals surface area contributed by atoms with Gasteiger partial charge in [-0.15, -0.1) is 0 Å². The standard InChI is InChI=1S/C18H20N2O5/c1-23-16(24-2)12-19-17(21)18(22)20-13-8-10-15(11-9-13)25-14-6-4-3-5-7-14/h3-11,16H,12H2,1-2H3,(H,19,21)(H,20,22). The molecule has 132 valence electrons. The molecule has 0 bridgehead atoms. The minimum atomic E-state index is -0.775. The zero-order valence-electron chi connectivity index (χ0n) is 14.0. The number of rotatable bonds is 7. The van der Waals surface area contributed by atoms with Crippen molar-refractivity contribution >= 4 is 17.5 Å². The van der Waals surface area contributed by atoms with Crippen LogP contribution < -0.4 is 15.4 Å². The average Bonchev–Trinajstić information content (AvgIpc) is 2.64. The van der Waals surface area contributed by atoms with E-state index in [1.165, 1.54) is 14.2 Å². The normalized spacial score (nSPS) is 10.4. The summed E-state index contributed by atoms with van der Waals surface area (Å²) >= 11 is 0. The van der Waals surface area contributed by atoms with Crippen molar-refractivity contribution in [2.75, 3.05) is 26.1 Å². The van der Waals surface area contributed by atoms with Crippen LogP contribution in [0.25, 0.3) is 0 Å². The van der Waals surface area contributed by atoms with Crippen molar-refractivity contribution < 1.29 is 23.8 Å². The quantitative estimate of drug-likeness (QED) is 0.594. The van der Waals surface area contributed by atoms with Crippen LogP contribution in [-0.4, -0.2) is 38.9 Å².